The second kappa shape index (κ2) is 8.85. The molecule has 6 rings (SSSR count). The normalized spacial score (nSPS) is 14.4. The summed E-state index contributed by atoms with van der Waals surface area (Å²) >= 11 is 5.64. The van der Waals surface area contributed by atoms with Crippen LogP contribution in [-0.4, -0.2) is 11.5 Å². The van der Waals surface area contributed by atoms with Crippen molar-refractivity contribution in [2.45, 2.75) is 25.4 Å². The highest BCUT2D eigenvalue weighted by atomic mass is 127. The maximum atomic E-state index is 3.61. The van der Waals surface area contributed by atoms with Gasteiger partial charge in [-0.15, -0.1) is 0 Å². The van der Waals surface area contributed by atoms with Gasteiger partial charge >= 0.3 is 0 Å². The predicted molar refractivity (Wildman–Crippen MR) is 136 cm³/mol. The zero-order valence-electron chi connectivity index (χ0n) is 17.8. The molecule has 0 spiro atoms. The molecule has 5 aromatic rings. The standard InChI is InChI=1S/C25H22N3S3.HI/c1-3-27-21(31-24-23(27)17-12-8-9-13-18(17)26-24)15-22-28(4-2)25-20(29-22)14-19(30-25)16-10-6-5-7-11-16;/h5-15,26H,3-4H2,1-2H3;1H/q+1;/p-1. The van der Waals surface area contributed by atoms with Gasteiger partial charge in [0.25, 0.3) is 9.84 Å². The third-order valence-electron chi connectivity index (χ3n) is 5.73. The fourth-order valence-electron chi connectivity index (χ4n) is 4.29. The molecule has 0 saturated carbocycles. The second-order valence-electron chi connectivity index (χ2n) is 7.51. The number of aromatic nitrogens is 2. The topological polar surface area (TPSA) is 22.9 Å². The quantitative estimate of drug-likeness (QED) is 0.250. The maximum Gasteiger partial charge on any atom is 0.280 e. The average Bonchev–Trinajstić information content (AvgIpc) is 3.52. The molecule has 3 aromatic heterocycles. The highest BCUT2D eigenvalue weighted by Gasteiger charge is 2.30. The number of hydrogen-bond donors (Lipinski definition) is 1. The number of aromatic amines is 1. The van der Waals surface area contributed by atoms with Crippen molar-refractivity contribution in [1.82, 2.24) is 4.98 Å². The lowest BCUT2D eigenvalue weighted by Crippen LogP contribution is -3.00. The number of thioether (sulfide) groups is 1. The van der Waals surface area contributed by atoms with Crippen LogP contribution < -0.4 is 33.4 Å². The molecule has 1 N–H and O–H groups in total. The van der Waals surface area contributed by atoms with E-state index in [1.807, 2.05) is 34.4 Å². The largest absolute Gasteiger partial charge is 1.00 e. The molecule has 7 heteroatoms. The van der Waals surface area contributed by atoms with Crippen LogP contribution in [0.5, 0.6) is 0 Å². The monoisotopic (exact) mass is 587 g/mol. The number of thiophene rings is 1. The summed E-state index contributed by atoms with van der Waals surface area (Å²) in [6.07, 6.45) is 2.37. The SMILES string of the molecule is CCN1C(=Cc2sc3cc(-c4ccccc4)sc3[n+]2CC)Sc2[nH]c3ccccc3c21.[I-]. The molecule has 4 heterocycles. The Kier molecular flexibility index (Phi) is 6.09. The number of nitrogens with zero attached hydrogens (tertiary/aromatic N) is 2. The van der Waals surface area contributed by atoms with Gasteiger partial charge in [-0.1, -0.05) is 83.0 Å². The van der Waals surface area contributed by atoms with Crippen LogP contribution in [0.15, 0.2) is 70.7 Å². The minimum absolute atomic E-state index is 0. The number of fused-ring (bicyclic) bond motifs is 4. The van der Waals surface area contributed by atoms with Crippen LogP contribution in [0.2, 0.25) is 0 Å². The Hall–Kier alpha value is -1.81. The van der Waals surface area contributed by atoms with Gasteiger partial charge in [-0.2, -0.15) is 4.57 Å². The lowest BCUT2D eigenvalue weighted by atomic mass is 10.2. The molecule has 0 amide bonds. The summed E-state index contributed by atoms with van der Waals surface area (Å²) in [5.74, 6) is 0. The van der Waals surface area contributed by atoms with Gasteiger partial charge in [0.15, 0.2) is 0 Å². The molecular formula is C25H22IN3S3. The lowest BCUT2D eigenvalue weighted by Gasteiger charge is -2.17. The Balaban J connectivity index is 0.00000216. The van der Waals surface area contributed by atoms with Gasteiger partial charge in [-0.25, -0.2) is 0 Å². The first-order chi connectivity index (χ1) is 15.3. The number of nitrogens with one attached hydrogen (secondary N) is 1. The molecule has 0 fully saturated rings. The van der Waals surface area contributed by atoms with E-state index in [2.05, 4.69) is 95.0 Å². The van der Waals surface area contributed by atoms with Crippen molar-refractivity contribution in [2.24, 2.45) is 0 Å². The highest BCUT2D eigenvalue weighted by Crippen LogP contribution is 2.50. The fourth-order valence-corrected chi connectivity index (χ4v) is 8.17. The van der Waals surface area contributed by atoms with Gasteiger partial charge in [0.2, 0.25) is 0 Å². The molecule has 0 bridgehead atoms. The molecule has 0 radical (unpaired) electrons. The first kappa shape index (κ1) is 22.0. The molecule has 0 aliphatic carbocycles. The number of rotatable bonds is 4. The van der Waals surface area contributed by atoms with Crippen molar-refractivity contribution < 1.29 is 28.5 Å². The number of aryl methyl sites for hydroxylation is 1. The van der Waals surface area contributed by atoms with Crippen molar-refractivity contribution >= 4 is 66.6 Å². The smallest absolute Gasteiger partial charge is 0.280 e. The van der Waals surface area contributed by atoms with E-state index >= 15 is 0 Å². The van der Waals surface area contributed by atoms with Crippen LogP contribution >= 0.6 is 34.4 Å². The zero-order chi connectivity index (χ0) is 20.9. The summed E-state index contributed by atoms with van der Waals surface area (Å²) in [5, 5.41) is 5.17. The summed E-state index contributed by atoms with van der Waals surface area (Å²) in [6.45, 7) is 6.40. The highest BCUT2D eigenvalue weighted by molar-refractivity contribution is 8.03. The van der Waals surface area contributed by atoms with E-state index in [1.165, 1.54) is 51.6 Å². The number of thiazole rings is 1. The molecule has 162 valence electrons. The molecule has 32 heavy (non-hydrogen) atoms. The third-order valence-corrected chi connectivity index (χ3v) is 9.19. The lowest BCUT2D eigenvalue weighted by molar-refractivity contribution is -0.663. The molecule has 3 nitrogen and oxygen atoms in total. The second-order valence-corrected chi connectivity index (χ2v) is 10.6. The Morgan fingerprint density at radius 3 is 2.56 bits per heavy atom. The Morgan fingerprint density at radius 1 is 1.00 bits per heavy atom. The summed E-state index contributed by atoms with van der Waals surface area (Å²) in [7, 11) is 0. The van der Waals surface area contributed by atoms with Crippen LogP contribution in [-0.2, 0) is 6.54 Å². The number of hydrogen-bond acceptors (Lipinski definition) is 4. The van der Waals surface area contributed by atoms with E-state index in [1.54, 1.807) is 0 Å². The fraction of sp³-hybridized carbons (Fsp3) is 0.160. The van der Waals surface area contributed by atoms with Gasteiger partial charge in [0.1, 0.15) is 16.3 Å². The summed E-state index contributed by atoms with van der Waals surface area (Å²) in [5.41, 5.74) is 3.83. The van der Waals surface area contributed by atoms with E-state index in [9.17, 15) is 0 Å². The van der Waals surface area contributed by atoms with Gasteiger partial charge < -0.3 is 33.9 Å². The van der Waals surface area contributed by atoms with Crippen LogP contribution in [0.3, 0.4) is 0 Å². The minimum atomic E-state index is 0. The molecular weight excluding hydrogens is 565 g/mol. The van der Waals surface area contributed by atoms with Crippen molar-refractivity contribution in [3.8, 4) is 10.4 Å². The molecule has 2 aromatic carbocycles. The van der Waals surface area contributed by atoms with Crippen molar-refractivity contribution in [3.05, 3.63) is 70.7 Å². The minimum Gasteiger partial charge on any atom is -1.00 e. The van der Waals surface area contributed by atoms with E-state index in [4.69, 9.17) is 0 Å². The van der Waals surface area contributed by atoms with Crippen LogP contribution in [0.25, 0.3) is 36.9 Å². The van der Waals surface area contributed by atoms with Crippen LogP contribution in [0, 0.1) is 0 Å². The van der Waals surface area contributed by atoms with Crippen molar-refractivity contribution in [2.75, 3.05) is 11.4 Å². The van der Waals surface area contributed by atoms with E-state index in [0.29, 0.717) is 0 Å². The molecule has 1 aliphatic rings. The van der Waals surface area contributed by atoms with Gasteiger partial charge in [0.05, 0.1) is 16.8 Å². The van der Waals surface area contributed by atoms with Crippen molar-refractivity contribution in [1.29, 1.82) is 0 Å². The third kappa shape index (κ3) is 3.50. The first-order valence-electron chi connectivity index (χ1n) is 10.6. The Labute approximate surface area is 216 Å². The summed E-state index contributed by atoms with van der Waals surface area (Å²) in [6, 6.07) is 21.6. The van der Waals surface area contributed by atoms with E-state index < -0.39 is 0 Å². The maximum absolute atomic E-state index is 3.61. The van der Waals surface area contributed by atoms with Gasteiger partial charge in [-0.05, 0) is 31.5 Å². The average molecular weight is 588 g/mol. The zero-order valence-corrected chi connectivity index (χ0v) is 22.4. The Bertz CT molecular complexity index is 1450. The van der Waals surface area contributed by atoms with Gasteiger partial charge in [0, 0.05) is 22.3 Å². The molecule has 0 unspecified atom stereocenters. The van der Waals surface area contributed by atoms with Crippen molar-refractivity contribution in [3.63, 3.8) is 0 Å². The number of H-pyrrole nitrogens is 1. The first-order valence-corrected chi connectivity index (χ1v) is 13.0. The number of halogens is 1. The summed E-state index contributed by atoms with van der Waals surface area (Å²) < 4.78 is 3.83. The number of para-hydroxylation sites is 1. The van der Waals surface area contributed by atoms with Crippen LogP contribution in [0.1, 0.15) is 18.9 Å². The van der Waals surface area contributed by atoms with Gasteiger partial charge in [-0.3, -0.25) is 0 Å². The molecule has 1 aliphatic heterocycles. The number of benzene rings is 2. The molecule has 0 atom stereocenters. The van der Waals surface area contributed by atoms with Crippen LogP contribution in [0.4, 0.5) is 5.69 Å². The predicted octanol–water partition coefficient (Wildman–Crippen LogP) is 4.35. The summed E-state index contributed by atoms with van der Waals surface area (Å²) in [4.78, 5) is 8.77. The molecule has 0 saturated heterocycles. The van der Waals surface area contributed by atoms with E-state index in [-0.39, 0.29) is 24.0 Å². The Morgan fingerprint density at radius 2 is 1.78 bits per heavy atom. The number of anilines is 1. The van der Waals surface area contributed by atoms with E-state index in [0.717, 1.165) is 13.1 Å².